The first-order valence-electron chi connectivity index (χ1n) is 5.98. The topological polar surface area (TPSA) is 12.0 Å². The molecular weight excluding hydrogens is 170 g/mol. The van der Waals surface area contributed by atoms with Gasteiger partial charge in [-0.25, -0.2) is 0 Å². The van der Waals surface area contributed by atoms with Gasteiger partial charge in [0.05, 0.1) is 0 Å². The van der Waals surface area contributed by atoms with Crippen molar-refractivity contribution in [2.75, 3.05) is 6.54 Å². The van der Waals surface area contributed by atoms with Gasteiger partial charge in [-0.05, 0) is 46.1 Å². The Morgan fingerprint density at radius 2 is 1.93 bits per heavy atom. The summed E-state index contributed by atoms with van der Waals surface area (Å²) in [4.78, 5) is 0. The monoisotopic (exact) mass is 197 g/mol. The van der Waals surface area contributed by atoms with Gasteiger partial charge in [-0.1, -0.05) is 31.9 Å². The summed E-state index contributed by atoms with van der Waals surface area (Å²) in [5, 5.41) is 3.58. The molecule has 0 saturated carbocycles. The van der Waals surface area contributed by atoms with Gasteiger partial charge in [-0.15, -0.1) is 0 Å². The minimum Gasteiger partial charge on any atom is -0.314 e. The zero-order valence-corrected chi connectivity index (χ0v) is 10.6. The first-order valence-corrected chi connectivity index (χ1v) is 5.98. The van der Waals surface area contributed by atoms with Crippen LogP contribution in [0.4, 0.5) is 0 Å². The van der Waals surface area contributed by atoms with Crippen molar-refractivity contribution < 1.29 is 0 Å². The van der Waals surface area contributed by atoms with Crippen molar-refractivity contribution in [1.82, 2.24) is 5.32 Å². The Bertz CT molecular complexity index is 157. The smallest absolute Gasteiger partial charge is 0.00698 e. The fourth-order valence-electron chi connectivity index (χ4n) is 1.65. The molecule has 1 heteroatoms. The van der Waals surface area contributed by atoms with Crippen molar-refractivity contribution in [2.45, 2.75) is 59.9 Å². The lowest BCUT2D eigenvalue weighted by Crippen LogP contribution is -2.33. The number of hydrogen-bond donors (Lipinski definition) is 1. The van der Waals surface area contributed by atoms with E-state index >= 15 is 0 Å². The van der Waals surface area contributed by atoms with Crippen molar-refractivity contribution in [2.24, 2.45) is 5.92 Å². The molecule has 2 atom stereocenters. The summed E-state index contributed by atoms with van der Waals surface area (Å²) in [6.07, 6.45) is 6.07. The Balaban J connectivity index is 3.92. The van der Waals surface area contributed by atoms with E-state index in [-0.39, 0.29) is 0 Å². The third kappa shape index (κ3) is 6.20. The molecule has 0 aromatic rings. The maximum atomic E-state index is 3.58. The molecule has 0 aliphatic carbocycles. The first-order chi connectivity index (χ1) is 6.61. The Kier molecular flexibility index (Phi) is 7.87. The van der Waals surface area contributed by atoms with Crippen molar-refractivity contribution in [3.8, 4) is 0 Å². The molecule has 14 heavy (non-hydrogen) atoms. The molecular formula is C13H27N. The highest BCUT2D eigenvalue weighted by Gasteiger charge is 2.12. The maximum absolute atomic E-state index is 3.58. The fourth-order valence-corrected chi connectivity index (χ4v) is 1.65. The molecule has 2 unspecified atom stereocenters. The summed E-state index contributed by atoms with van der Waals surface area (Å²) in [7, 11) is 0. The second kappa shape index (κ2) is 8.05. The van der Waals surface area contributed by atoms with Crippen LogP contribution in [0.5, 0.6) is 0 Å². The van der Waals surface area contributed by atoms with Crippen molar-refractivity contribution in [3.05, 3.63) is 11.6 Å². The molecule has 0 fully saturated rings. The summed E-state index contributed by atoms with van der Waals surface area (Å²) >= 11 is 0. The van der Waals surface area contributed by atoms with E-state index in [0.717, 1.165) is 12.5 Å². The molecule has 1 N–H and O–H groups in total. The second-order valence-electron chi connectivity index (χ2n) is 4.43. The van der Waals surface area contributed by atoms with Crippen LogP contribution in [0.25, 0.3) is 0 Å². The minimum absolute atomic E-state index is 0.649. The van der Waals surface area contributed by atoms with Gasteiger partial charge in [0.25, 0.3) is 0 Å². The quantitative estimate of drug-likeness (QED) is 0.613. The third-order valence-electron chi connectivity index (χ3n) is 2.78. The zero-order chi connectivity index (χ0) is 11.0. The predicted octanol–water partition coefficient (Wildman–Crippen LogP) is 3.76. The van der Waals surface area contributed by atoms with Gasteiger partial charge >= 0.3 is 0 Å². The van der Waals surface area contributed by atoms with Crippen LogP contribution in [-0.4, -0.2) is 12.6 Å². The van der Waals surface area contributed by atoms with Gasteiger partial charge in [0.15, 0.2) is 0 Å². The molecule has 1 nitrogen and oxygen atoms in total. The third-order valence-corrected chi connectivity index (χ3v) is 2.78. The lowest BCUT2D eigenvalue weighted by Gasteiger charge is -2.22. The Labute approximate surface area is 90.0 Å². The van der Waals surface area contributed by atoms with E-state index < -0.39 is 0 Å². The van der Waals surface area contributed by atoms with Crippen LogP contribution in [-0.2, 0) is 0 Å². The van der Waals surface area contributed by atoms with E-state index in [1.54, 1.807) is 0 Å². The highest BCUT2D eigenvalue weighted by molar-refractivity contribution is 4.95. The molecule has 0 heterocycles. The summed E-state index contributed by atoms with van der Waals surface area (Å²) in [6, 6.07) is 0.649. The molecule has 0 bridgehead atoms. The number of rotatable bonds is 7. The highest BCUT2D eigenvalue weighted by Crippen LogP contribution is 2.15. The Morgan fingerprint density at radius 3 is 2.36 bits per heavy atom. The largest absolute Gasteiger partial charge is 0.314 e. The first kappa shape index (κ1) is 13.7. The SMILES string of the molecule is CCCNC(C)C(CC)CC=C(C)C. The molecule has 0 rings (SSSR count). The molecule has 0 spiro atoms. The molecule has 0 aromatic carbocycles. The molecule has 84 valence electrons. The molecule has 0 saturated heterocycles. The average molecular weight is 197 g/mol. The molecule has 0 radical (unpaired) electrons. The van der Waals surface area contributed by atoms with Gasteiger partial charge in [0, 0.05) is 6.04 Å². The molecule has 0 aliphatic rings. The second-order valence-corrected chi connectivity index (χ2v) is 4.43. The van der Waals surface area contributed by atoms with E-state index in [1.807, 2.05) is 0 Å². The number of nitrogens with one attached hydrogen (secondary N) is 1. The summed E-state index contributed by atoms with van der Waals surface area (Å²) in [6.45, 7) is 12.3. The highest BCUT2D eigenvalue weighted by atomic mass is 14.9. The summed E-state index contributed by atoms with van der Waals surface area (Å²) in [5.74, 6) is 0.788. The maximum Gasteiger partial charge on any atom is 0.00698 e. The number of hydrogen-bond acceptors (Lipinski definition) is 1. The zero-order valence-electron chi connectivity index (χ0n) is 10.6. The van der Waals surface area contributed by atoms with Crippen LogP contribution in [0.2, 0.25) is 0 Å². The summed E-state index contributed by atoms with van der Waals surface area (Å²) < 4.78 is 0. The van der Waals surface area contributed by atoms with E-state index in [2.05, 4.69) is 46.0 Å². The lowest BCUT2D eigenvalue weighted by atomic mass is 9.93. The van der Waals surface area contributed by atoms with Gasteiger partial charge < -0.3 is 5.32 Å². The van der Waals surface area contributed by atoms with E-state index in [0.29, 0.717) is 6.04 Å². The number of allylic oxidation sites excluding steroid dienone is 2. The lowest BCUT2D eigenvalue weighted by molar-refractivity contribution is 0.367. The van der Waals surface area contributed by atoms with Crippen molar-refractivity contribution in [3.63, 3.8) is 0 Å². The average Bonchev–Trinajstić information content (AvgIpc) is 2.15. The predicted molar refractivity (Wildman–Crippen MR) is 65.6 cm³/mol. The van der Waals surface area contributed by atoms with Crippen LogP contribution in [0, 0.1) is 5.92 Å². The van der Waals surface area contributed by atoms with Crippen LogP contribution >= 0.6 is 0 Å². The Morgan fingerprint density at radius 1 is 1.29 bits per heavy atom. The standard InChI is InChI=1S/C13H27N/c1-6-10-14-12(5)13(7-2)9-8-11(3)4/h8,12-14H,6-7,9-10H2,1-5H3. The van der Waals surface area contributed by atoms with E-state index in [1.165, 1.54) is 24.8 Å². The van der Waals surface area contributed by atoms with Crippen molar-refractivity contribution in [1.29, 1.82) is 0 Å². The Hall–Kier alpha value is -0.300. The van der Waals surface area contributed by atoms with Crippen molar-refractivity contribution >= 4 is 0 Å². The fraction of sp³-hybridized carbons (Fsp3) is 0.846. The molecule has 0 aromatic heterocycles. The minimum atomic E-state index is 0.649. The van der Waals surface area contributed by atoms with Gasteiger partial charge in [0.1, 0.15) is 0 Å². The molecule has 0 amide bonds. The van der Waals surface area contributed by atoms with Crippen LogP contribution in [0.15, 0.2) is 11.6 Å². The van der Waals surface area contributed by atoms with Gasteiger partial charge in [0.2, 0.25) is 0 Å². The van der Waals surface area contributed by atoms with Gasteiger partial charge in [-0.3, -0.25) is 0 Å². The van der Waals surface area contributed by atoms with Crippen LogP contribution in [0.1, 0.15) is 53.9 Å². The normalized spacial score (nSPS) is 14.9. The van der Waals surface area contributed by atoms with E-state index in [4.69, 9.17) is 0 Å². The van der Waals surface area contributed by atoms with Crippen LogP contribution in [0.3, 0.4) is 0 Å². The summed E-state index contributed by atoms with van der Waals surface area (Å²) in [5.41, 5.74) is 1.44. The van der Waals surface area contributed by atoms with Crippen LogP contribution < -0.4 is 5.32 Å². The molecule has 0 aliphatic heterocycles. The van der Waals surface area contributed by atoms with E-state index in [9.17, 15) is 0 Å². The van der Waals surface area contributed by atoms with Gasteiger partial charge in [-0.2, -0.15) is 0 Å².